The third-order valence-corrected chi connectivity index (χ3v) is 6.00. The molecule has 2 N–H and O–H groups in total. The quantitative estimate of drug-likeness (QED) is 0.236. The molecule has 0 aromatic heterocycles. The van der Waals surface area contributed by atoms with Gasteiger partial charge in [-0.05, 0) is 55.3 Å². The molecule has 0 fully saturated rings. The highest BCUT2D eigenvalue weighted by Crippen LogP contribution is 2.33. The lowest BCUT2D eigenvalue weighted by atomic mass is 10.1. The van der Waals surface area contributed by atoms with Gasteiger partial charge in [-0.25, -0.2) is 4.79 Å². The molecule has 0 radical (unpaired) electrons. The van der Waals surface area contributed by atoms with Crippen LogP contribution in [-0.2, 0) is 22.6 Å². The number of ether oxygens (including phenoxy) is 6. The summed E-state index contributed by atoms with van der Waals surface area (Å²) in [6.07, 6.45) is -0.729. The molecule has 4 rings (SSSR count). The molecule has 9 heteroatoms. The van der Waals surface area contributed by atoms with E-state index in [4.69, 9.17) is 28.4 Å². The highest BCUT2D eigenvalue weighted by atomic mass is 16.6. The number of fused-ring (bicyclic) bond motifs is 1. The number of methoxy groups -OCH3 is 1. The molecule has 0 aliphatic carbocycles. The zero-order valence-corrected chi connectivity index (χ0v) is 22.3. The van der Waals surface area contributed by atoms with Crippen LogP contribution in [0, 0.1) is 0 Å². The molecule has 39 heavy (non-hydrogen) atoms. The molecular weight excluding hydrogens is 502 g/mol. The average Bonchev–Trinajstić information content (AvgIpc) is 2.97. The van der Waals surface area contributed by atoms with E-state index in [1.807, 2.05) is 48.5 Å². The standard InChI is InChI=1S/C30H35NO8/c1-3-35-30(33)29-20-38-28-15-21(9-11-26(28)39-29)13-14-31-17-23(32)19-37-25-12-10-24(16-27(25)34-2)36-18-22-7-5-4-6-8-22/h4-12,15-16,23,29,31-32H,3,13-14,17-20H2,1-2H3/t23-,29?/m0/s1. The van der Waals surface area contributed by atoms with E-state index in [-0.39, 0.29) is 13.2 Å². The number of aliphatic hydroxyl groups is 1. The van der Waals surface area contributed by atoms with E-state index in [1.165, 1.54) is 0 Å². The molecule has 2 atom stereocenters. The fourth-order valence-electron chi connectivity index (χ4n) is 3.97. The Labute approximate surface area is 228 Å². The molecule has 0 saturated carbocycles. The maximum absolute atomic E-state index is 11.9. The summed E-state index contributed by atoms with van der Waals surface area (Å²) >= 11 is 0. The summed E-state index contributed by atoms with van der Waals surface area (Å²) in [5, 5.41) is 13.6. The van der Waals surface area contributed by atoms with E-state index in [9.17, 15) is 9.90 Å². The fraction of sp³-hybridized carbons (Fsp3) is 0.367. The van der Waals surface area contributed by atoms with Gasteiger partial charge in [-0.1, -0.05) is 36.4 Å². The molecule has 1 unspecified atom stereocenters. The predicted molar refractivity (Wildman–Crippen MR) is 145 cm³/mol. The lowest BCUT2D eigenvalue weighted by Gasteiger charge is -2.25. The van der Waals surface area contributed by atoms with E-state index >= 15 is 0 Å². The minimum Gasteiger partial charge on any atom is -0.493 e. The van der Waals surface area contributed by atoms with Gasteiger partial charge in [0.2, 0.25) is 6.10 Å². The van der Waals surface area contributed by atoms with Crippen molar-refractivity contribution in [1.29, 1.82) is 0 Å². The van der Waals surface area contributed by atoms with Crippen LogP contribution in [0.1, 0.15) is 18.1 Å². The summed E-state index contributed by atoms with van der Waals surface area (Å²) in [7, 11) is 1.57. The second-order valence-corrected chi connectivity index (χ2v) is 8.96. The molecule has 9 nitrogen and oxygen atoms in total. The Hall–Kier alpha value is -3.95. The topological polar surface area (TPSA) is 105 Å². The third kappa shape index (κ3) is 8.27. The van der Waals surface area contributed by atoms with E-state index in [0.717, 1.165) is 17.5 Å². The predicted octanol–water partition coefficient (Wildman–Crippen LogP) is 3.55. The first-order valence-corrected chi connectivity index (χ1v) is 13.0. The van der Waals surface area contributed by atoms with Gasteiger partial charge >= 0.3 is 5.97 Å². The van der Waals surface area contributed by atoms with Crippen LogP contribution in [0.2, 0.25) is 0 Å². The fourth-order valence-corrected chi connectivity index (χ4v) is 3.97. The van der Waals surface area contributed by atoms with Gasteiger partial charge in [0.25, 0.3) is 0 Å². The van der Waals surface area contributed by atoms with Gasteiger partial charge in [0.15, 0.2) is 23.0 Å². The van der Waals surface area contributed by atoms with Crippen LogP contribution in [-0.4, -0.2) is 63.3 Å². The Kier molecular flexibility index (Phi) is 10.3. The van der Waals surface area contributed by atoms with Gasteiger partial charge in [0.05, 0.1) is 13.7 Å². The largest absolute Gasteiger partial charge is 0.493 e. The van der Waals surface area contributed by atoms with Crippen molar-refractivity contribution in [2.24, 2.45) is 0 Å². The molecular formula is C30H35NO8. The van der Waals surface area contributed by atoms with Crippen LogP contribution in [0.5, 0.6) is 28.7 Å². The average molecular weight is 538 g/mol. The molecule has 0 bridgehead atoms. The molecule has 3 aromatic carbocycles. The van der Waals surface area contributed by atoms with Gasteiger partial charge in [0, 0.05) is 12.6 Å². The van der Waals surface area contributed by atoms with Gasteiger partial charge in [0.1, 0.15) is 31.7 Å². The number of aliphatic hydroxyl groups excluding tert-OH is 1. The third-order valence-electron chi connectivity index (χ3n) is 6.00. The first kappa shape index (κ1) is 28.1. The number of carbonyl (C=O) groups is 1. The summed E-state index contributed by atoms with van der Waals surface area (Å²) in [6.45, 7) is 3.75. The van der Waals surface area contributed by atoms with Crippen LogP contribution < -0.4 is 29.0 Å². The van der Waals surface area contributed by atoms with Crippen LogP contribution in [0.4, 0.5) is 0 Å². The molecule has 1 heterocycles. The number of benzene rings is 3. The molecule has 208 valence electrons. The minimum absolute atomic E-state index is 0.110. The first-order chi connectivity index (χ1) is 19.1. The van der Waals surface area contributed by atoms with Crippen molar-refractivity contribution in [3.05, 3.63) is 77.9 Å². The van der Waals surface area contributed by atoms with E-state index in [1.54, 1.807) is 32.2 Å². The summed E-state index contributed by atoms with van der Waals surface area (Å²) in [5.74, 6) is 2.44. The first-order valence-electron chi connectivity index (χ1n) is 13.0. The lowest BCUT2D eigenvalue weighted by molar-refractivity contribution is -0.153. The molecule has 3 aromatic rings. The van der Waals surface area contributed by atoms with Gasteiger partial charge in [-0.2, -0.15) is 0 Å². The molecule has 1 aliphatic rings. The Morgan fingerprint density at radius 3 is 2.67 bits per heavy atom. The van der Waals surface area contributed by atoms with Crippen molar-refractivity contribution in [1.82, 2.24) is 5.32 Å². The van der Waals surface area contributed by atoms with E-state index < -0.39 is 18.2 Å². The lowest BCUT2D eigenvalue weighted by Crippen LogP contribution is -2.37. The number of hydrogen-bond donors (Lipinski definition) is 2. The summed E-state index contributed by atoms with van der Waals surface area (Å²) in [5.41, 5.74) is 2.12. The maximum atomic E-state index is 11.9. The van der Waals surface area contributed by atoms with Gasteiger partial charge in [-0.15, -0.1) is 0 Å². The van der Waals surface area contributed by atoms with Crippen molar-refractivity contribution < 1.29 is 38.3 Å². The van der Waals surface area contributed by atoms with Crippen molar-refractivity contribution >= 4 is 5.97 Å². The second kappa shape index (κ2) is 14.3. The van der Waals surface area contributed by atoms with Gasteiger partial charge in [-0.3, -0.25) is 0 Å². The van der Waals surface area contributed by atoms with Crippen LogP contribution in [0.25, 0.3) is 0 Å². The summed E-state index contributed by atoms with van der Waals surface area (Å²) in [6, 6.07) is 20.9. The Balaban J connectivity index is 1.17. The highest BCUT2D eigenvalue weighted by molar-refractivity contribution is 5.76. The minimum atomic E-state index is -0.750. The molecule has 0 spiro atoms. The van der Waals surface area contributed by atoms with Crippen LogP contribution >= 0.6 is 0 Å². The SMILES string of the molecule is CCOC(=O)C1COc2cc(CCNC[C@H](O)COc3ccc(OCc4ccccc4)cc3OC)ccc2O1. The molecule has 0 saturated heterocycles. The monoisotopic (exact) mass is 537 g/mol. The zero-order valence-electron chi connectivity index (χ0n) is 22.3. The number of esters is 1. The maximum Gasteiger partial charge on any atom is 0.350 e. The highest BCUT2D eigenvalue weighted by Gasteiger charge is 2.28. The van der Waals surface area contributed by atoms with Crippen molar-refractivity contribution in [2.45, 2.75) is 32.2 Å². The van der Waals surface area contributed by atoms with Crippen LogP contribution in [0.15, 0.2) is 66.7 Å². The normalized spacial score (nSPS) is 14.8. The Bertz CT molecular complexity index is 1200. The van der Waals surface area contributed by atoms with Gasteiger partial charge < -0.3 is 38.8 Å². The smallest absolute Gasteiger partial charge is 0.350 e. The number of carbonyl (C=O) groups excluding carboxylic acids is 1. The van der Waals surface area contributed by atoms with E-state index in [0.29, 0.717) is 55.1 Å². The number of hydrogen-bond acceptors (Lipinski definition) is 9. The second-order valence-electron chi connectivity index (χ2n) is 8.96. The Morgan fingerprint density at radius 1 is 1.03 bits per heavy atom. The summed E-state index contributed by atoms with van der Waals surface area (Å²) < 4.78 is 33.5. The van der Waals surface area contributed by atoms with Crippen molar-refractivity contribution in [3.8, 4) is 28.7 Å². The zero-order chi connectivity index (χ0) is 27.5. The Morgan fingerprint density at radius 2 is 1.87 bits per heavy atom. The van der Waals surface area contributed by atoms with Crippen molar-refractivity contribution in [2.75, 3.05) is 40.0 Å². The molecule has 1 aliphatic heterocycles. The summed E-state index contributed by atoms with van der Waals surface area (Å²) in [4.78, 5) is 11.9. The number of rotatable bonds is 14. The van der Waals surface area contributed by atoms with Crippen LogP contribution in [0.3, 0.4) is 0 Å². The number of nitrogens with one attached hydrogen (secondary N) is 1. The van der Waals surface area contributed by atoms with Crippen molar-refractivity contribution in [3.63, 3.8) is 0 Å². The molecule has 0 amide bonds. The van der Waals surface area contributed by atoms with E-state index in [2.05, 4.69) is 5.32 Å².